The lowest BCUT2D eigenvalue weighted by molar-refractivity contribution is -0.137. The van der Waals surface area contributed by atoms with E-state index in [1.54, 1.807) is 23.1 Å². The fourth-order valence-electron chi connectivity index (χ4n) is 3.10. The molecule has 2 aromatic carbocycles. The third-order valence-corrected chi connectivity index (χ3v) is 4.81. The number of hydrogen-bond acceptors (Lipinski definition) is 3. The van der Waals surface area contributed by atoms with Crippen LogP contribution in [0.4, 0.5) is 18.9 Å². The fourth-order valence-corrected chi connectivity index (χ4v) is 3.10. The molecule has 1 N–H and O–H groups in total. The van der Waals surface area contributed by atoms with Gasteiger partial charge in [0.05, 0.1) is 5.56 Å². The first kappa shape index (κ1) is 21.7. The Kier molecular flexibility index (Phi) is 6.34. The maximum absolute atomic E-state index is 12.9. The summed E-state index contributed by atoms with van der Waals surface area (Å²) in [4.78, 5) is 26.5. The van der Waals surface area contributed by atoms with Gasteiger partial charge in [0.25, 0.3) is 11.8 Å². The quantitative estimate of drug-likeness (QED) is 0.761. The van der Waals surface area contributed by atoms with Crippen LogP contribution < -0.4 is 10.1 Å². The van der Waals surface area contributed by atoms with E-state index in [0.717, 1.165) is 24.1 Å². The molecule has 1 heterocycles. The number of carbonyl (C=O) groups is 2. The summed E-state index contributed by atoms with van der Waals surface area (Å²) in [6.07, 6.45) is -3.67. The molecule has 0 bridgehead atoms. The van der Waals surface area contributed by atoms with Gasteiger partial charge in [-0.2, -0.15) is 13.2 Å². The predicted octanol–water partition coefficient (Wildman–Crippen LogP) is 4.72. The maximum atomic E-state index is 12.9. The van der Waals surface area contributed by atoms with Crippen molar-refractivity contribution in [3.05, 3.63) is 59.2 Å². The molecule has 3 rings (SSSR count). The van der Waals surface area contributed by atoms with Gasteiger partial charge >= 0.3 is 6.18 Å². The number of fused-ring (bicyclic) bond motifs is 1. The van der Waals surface area contributed by atoms with Gasteiger partial charge in [0.1, 0.15) is 5.75 Å². The Labute approximate surface area is 172 Å². The molecule has 1 aliphatic rings. The zero-order valence-electron chi connectivity index (χ0n) is 16.8. The van der Waals surface area contributed by atoms with Crippen molar-refractivity contribution in [3.63, 3.8) is 0 Å². The number of nitrogens with one attached hydrogen (secondary N) is 1. The van der Waals surface area contributed by atoms with E-state index < -0.39 is 17.6 Å². The predicted molar refractivity (Wildman–Crippen MR) is 106 cm³/mol. The number of hydrogen-bond donors (Lipinski definition) is 1. The minimum absolute atomic E-state index is 0.0545. The molecule has 0 saturated heterocycles. The van der Waals surface area contributed by atoms with Gasteiger partial charge in [0, 0.05) is 29.9 Å². The highest BCUT2D eigenvalue weighted by atomic mass is 19.4. The molecule has 0 aliphatic carbocycles. The molecule has 0 saturated carbocycles. The van der Waals surface area contributed by atoms with E-state index in [1.807, 2.05) is 0 Å². The molecule has 30 heavy (non-hydrogen) atoms. The molecule has 2 aromatic rings. The molecule has 0 fully saturated rings. The van der Waals surface area contributed by atoms with Crippen molar-refractivity contribution < 1.29 is 27.5 Å². The standard InChI is InChI=1S/C22H23F3N2O3/c1-14(2)8-9-27-12-16-11-18(6-7-19(16)30-13-20(27)28)26-21(29)15-4-3-5-17(10-15)22(23,24)25/h3-7,10-11,14H,8-9,12-13H2,1-2H3,(H,26,29). The highest BCUT2D eigenvalue weighted by Crippen LogP contribution is 2.30. The molecule has 2 amide bonds. The van der Waals surface area contributed by atoms with Crippen molar-refractivity contribution in [2.45, 2.75) is 33.0 Å². The molecular formula is C22H23F3N2O3. The summed E-state index contributed by atoms with van der Waals surface area (Å²) in [5.41, 5.74) is 0.166. The average molecular weight is 420 g/mol. The normalized spacial score (nSPS) is 14.2. The number of ether oxygens (including phenoxy) is 1. The Balaban J connectivity index is 1.77. The Morgan fingerprint density at radius 2 is 1.97 bits per heavy atom. The molecule has 0 aromatic heterocycles. The largest absolute Gasteiger partial charge is 0.483 e. The van der Waals surface area contributed by atoms with Crippen LogP contribution in [0.15, 0.2) is 42.5 Å². The van der Waals surface area contributed by atoms with Gasteiger partial charge in [-0.15, -0.1) is 0 Å². The summed E-state index contributed by atoms with van der Waals surface area (Å²) in [6, 6.07) is 9.18. The maximum Gasteiger partial charge on any atom is 0.416 e. The van der Waals surface area contributed by atoms with E-state index in [9.17, 15) is 22.8 Å². The van der Waals surface area contributed by atoms with Crippen LogP contribution in [-0.2, 0) is 17.5 Å². The third kappa shape index (κ3) is 5.31. The second-order valence-electron chi connectivity index (χ2n) is 7.64. The minimum atomic E-state index is -4.52. The second-order valence-corrected chi connectivity index (χ2v) is 7.64. The third-order valence-electron chi connectivity index (χ3n) is 4.81. The van der Waals surface area contributed by atoms with Crippen molar-refractivity contribution in [2.24, 2.45) is 5.92 Å². The highest BCUT2D eigenvalue weighted by molar-refractivity contribution is 6.04. The summed E-state index contributed by atoms with van der Waals surface area (Å²) in [5.74, 6) is 0.233. The number of anilines is 1. The summed E-state index contributed by atoms with van der Waals surface area (Å²) < 4.78 is 44.2. The van der Waals surface area contributed by atoms with Gasteiger partial charge in [0.2, 0.25) is 0 Å². The zero-order chi connectivity index (χ0) is 21.9. The Hall–Kier alpha value is -3.03. The van der Waals surface area contributed by atoms with Crippen LogP contribution >= 0.6 is 0 Å². The van der Waals surface area contributed by atoms with Gasteiger partial charge in [0.15, 0.2) is 6.61 Å². The van der Waals surface area contributed by atoms with Gasteiger partial charge in [-0.05, 0) is 48.7 Å². The SMILES string of the molecule is CC(C)CCN1Cc2cc(NC(=O)c3cccc(C(F)(F)F)c3)ccc2OCC1=O. The van der Waals surface area contributed by atoms with Crippen LogP contribution in [0.1, 0.15) is 41.8 Å². The van der Waals surface area contributed by atoms with Gasteiger partial charge in [-0.25, -0.2) is 0 Å². The molecule has 0 radical (unpaired) electrons. The van der Waals surface area contributed by atoms with Gasteiger partial charge < -0.3 is 15.0 Å². The lowest BCUT2D eigenvalue weighted by atomic mass is 10.1. The average Bonchev–Trinajstić information content (AvgIpc) is 2.84. The number of halogens is 3. The van der Waals surface area contributed by atoms with Crippen molar-refractivity contribution in [1.29, 1.82) is 0 Å². The van der Waals surface area contributed by atoms with Crippen LogP contribution in [0.2, 0.25) is 0 Å². The summed E-state index contributed by atoms with van der Waals surface area (Å²) >= 11 is 0. The van der Waals surface area contributed by atoms with E-state index in [1.165, 1.54) is 12.1 Å². The smallest absolute Gasteiger partial charge is 0.416 e. The first-order valence-corrected chi connectivity index (χ1v) is 9.65. The lowest BCUT2D eigenvalue weighted by Crippen LogP contribution is -2.33. The van der Waals surface area contributed by atoms with E-state index in [4.69, 9.17) is 4.74 Å². The Morgan fingerprint density at radius 1 is 1.20 bits per heavy atom. The molecule has 8 heteroatoms. The van der Waals surface area contributed by atoms with Crippen LogP contribution in [0, 0.1) is 5.92 Å². The summed E-state index contributed by atoms with van der Waals surface area (Å²) in [7, 11) is 0. The van der Waals surface area contributed by atoms with Crippen LogP contribution in [0.25, 0.3) is 0 Å². The number of amides is 2. The van der Waals surface area contributed by atoms with Crippen molar-refractivity contribution in [3.8, 4) is 5.75 Å². The lowest BCUT2D eigenvalue weighted by Gasteiger charge is -2.21. The molecule has 0 atom stereocenters. The Morgan fingerprint density at radius 3 is 2.67 bits per heavy atom. The van der Waals surface area contributed by atoms with Crippen LogP contribution in [0.5, 0.6) is 5.75 Å². The first-order chi connectivity index (χ1) is 14.1. The van der Waals surface area contributed by atoms with Crippen molar-refractivity contribution in [1.82, 2.24) is 4.90 Å². The first-order valence-electron chi connectivity index (χ1n) is 9.65. The van der Waals surface area contributed by atoms with Crippen LogP contribution in [-0.4, -0.2) is 29.9 Å². The number of carbonyl (C=O) groups excluding carboxylic acids is 2. The van der Waals surface area contributed by atoms with E-state index in [0.29, 0.717) is 30.4 Å². The van der Waals surface area contributed by atoms with Crippen molar-refractivity contribution in [2.75, 3.05) is 18.5 Å². The van der Waals surface area contributed by atoms with E-state index in [-0.39, 0.29) is 18.1 Å². The monoisotopic (exact) mass is 420 g/mol. The number of rotatable bonds is 5. The molecular weight excluding hydrogens is 397 g/mol. The number of benzene rings is 2. The van der Waals surface area contributed by atoms with Crippen LogP contribution in [0.3, 0.4) is 0 Å². The molecule has 5 nitrogen and oxygen atoms in total. The van der Waals surface area contributed by atoms with Gasteiger partial charge in [-0.3, -0.25) is 9.59 Å². The van der Waals surface area contributed by atoms with E-state index >= 15 is 0 Å². The topological polar surface area (TPSA) is 58.6 Å². The number of alkyl halides is 3. The molecule has 0 spiro atoms. The molecule has 0 unspecified atom stereocenters. The highest BCUT2D eigenvalue weighted by Gasteiger charge is 2.31. The summed E-state index contributed by atoms with van der Waals surface area (Å²) in [5, 5.41) is 2.62. The Bertz CT molecular complexity index is 941. The molecule has 1 aliphatic heterocycles. The van der Waals surface area contributed by atoms with Crippen molar-refractivity contribution >= 4 is 17.5 Å². The molecule has 160 valence electrons. The van der Waals surface area contributed by atoms with E-state index in [2.05, 4.69) is 19.2 Å². The fraction of sp³-hybridized carbons (Fsp3) is 0.364. The minimum Gasteiger partial charge on any atom is -0.483 e. The summed E-state index contributed by atoms with van der Waals surface area (Å²) in [6.45, 7) is 5.04. The number of nitrogens with zero attached hydrogens (tertiary/aromatic N) is 1. The zero-order valence-corrected chi connectivity index (χ0v) is 16.8. The van der Waals surface area contributed by atoms with Gasteiger partial charge in [-0.1, -0.05) is 19.9 Å². The second kappa shape index (κ2) is 8.77.